The van der Waals surface area contributed by atoms with Crippen LogP contribution in [0.4, 0.5) is 0 Å². The summed E-state index contributed by atoms with van der Waals surface area (Å²) in [7, 11) is 0. The van der Waals surface area contributed by atoms with Gasteiger partial charge < -0.3 is 10.1 Å². The van der Waals surface area contributed by atoms with E-state index in [2.05, 4.69) is 54.2 Å². The molecule has 100 valence electrons. The Bertz CT molecular complexity index is 417. The van der Waals surface area contributed by atoms with Crippen LogP contribution in [0.1, 0.15) is 44.4 Å². The van der Waals surface area contributed by atoms with Gasteiger partial charge in [0, 0.05) is 22.5 Å². The van der Waals surface area contributed by atoms with Crippen LogP contribution in [0.15, 0.2) is 16.6 Å². The van der Waals surface area contributed by atoms with Crippen molar-refractivity contribution in [2.45, 2.75) is 39.7 Å². The van der Waals surface area contributed by atoms with Crippen LogP contribution in [-0.2, 0) is 6.42 Å². The highest BCUT2D eigenvalue weighted by Gasteiger charge is 2.24. The van der Waals surface area contributed by atoms with Crippen molar-refractivity contribution in [1.29, 1.82) is 0 Å². The molecule has 0 saturated heterocycles. The molecule has 1 aromatic rings. The van der Waals surface area contributed by atoms with E-state index in [-0.39, 0.29) is 0 Å². The molecular formula is C15H22BrNO. The first-order chi connectivity index (χ1) is 8.63. The fourth-order valence-corrected chi connectivity index (χ4v) is 3.06. The second kappa shape index (κ2) is 6.07. The zero-order valence-corrected chi connectivity index (χ0v) is 13.0. The summed E-state index contributed by atoms with van der Waals surface area (Å²) in [6, 6.07) is 4.76. The molecule has 0 radical (unpaired) electrons. The predicted octanol–water partition coefficient (Wildman–Crippen LogP) is 4.08. The van der Waals surface area contributed by atoms with E-state index in [0.717, 1.165) is 36.2 Å². The number of ether oxygens (including phenoxy) is 1. The van der Waals surface area contributed by atoms with Crippen LogP contribution in [0.3, 0.4) is 0 Å². The van der Waals surface area contributed by atoms with Crippen molar-refractivity contribution < 1.29 is 4.74 Å². The van der Waals surface area contributed by atoms with E-state index in [4.69, 9.17) is 4.74 Å². The van der Waals surface area contributed by atoms with E-state index in [1.54, 1.807) is 0 Å². The third-order valence-corrected chi connectivity index (χ3v) is 3.85. The third-order valence-electron chi connectivity index (χ3n) is 3.39. The maximum Gasteiger partial charge on any atom is 0.127 e. The minimum atomic E-state index is 0.370. The molecule has 1 N–H and O–H groups in total. The second-order valence-corrected chi connectivity index (χ2v) is 6.17. The maximum atomic E-state index is 5.83. The molecule has 1 aliphatic heterocycles. The van der Waals surface area contributed by atoms with Crippen molar-refractivity contribution in [3.8, 4) is 5.75 Å². The van der Waals surface area contributed by atoms with Crippen molar-refractivity contribution in [1.82, 2.24) is 5.32 Å². The third kappa shape index (κ3) is 2.89. The average Bonchev–Trinajstić information content (AvgIpc) is 2.76. The van der Waals surface area contributed by atoms with E-state index < -0.39 is 0 Å². The number of hydrogen-bond donors (Lipinski definition) is 1. The quantitative estimate of drug-likeness (QED) is 0.884. The summed E-state index contributed by atoms with van der Waals surface area (Å²) in [5.41, 5.74) is 2.64. The van der Waals surface area contributed by atoms with E-state index in [1.807, 2.05) is 0 Å². The fourth-order valence-electron chi connectivity index (χ4n) is 2.53. The zero-order valence-electron chi connectivity index (χ0n) is 11.4. The van der Waals surface area contributed by atoms with Crippen LogP contribution in [0, 0.1) is 5.92 Å². The molecule has 3 heteroatoms. The molecular weight excluding hydrogens is 290 g/mol. The van der Waals surface area contributed by atoms with E-state index in [0.29, 0.717) is 12.0 Å². The van der Waals surface area contributed by atoms with Crippen LogP contribution < -0.4 is 10.1 Å². The Balaban J connectivity index is 2.35. The molecule has 0 spiro atoms. The highest BCUT2D eigenvalue weighted by atomic mass is 79.9. The molecule has 1 unspecified atom stereocenters. The van der Waals surface area contributed by atoms with Crippen molar-refractivity contribution in [3.63, 3.8) is 0 Å². The topological polar surface area (TPSA) is 21.3 Å². The summed E-state index contributed by atoms with van der Waals surface area (Å²) in [4.78, 5) is 0. The molecule has 1 heterocycles. The standard InChI is InChI=1S/C15H22BrNO/c1-4-6-17-14(10(2)3)13-9-12(16)8-11-5-7-18-15(11)13/h8-10,14,17H,4-7H2,1-3H3. The van der Waals surface area contributed by atoms with Crippen molar-refractivity contribution in [3.05, 3.63) is 27.7 Å². The van der Waals surface area contributed by atoms with Crippen molar-refractivity contribution in [2.75, 3.05) is 13.2 Å². The molecule has 0 amide bonds. The summed E-state index contributed by atoms with van der Waals surface area (Å²) in [6.45, 7) is 8.58. The first-order valence-corrected chi connectivity index (χ1v) is 7.61. The van der Waals surface area contributed by atoms with Crippen molar-refractivity contribution in [2.24, 2.45) is 5.92 Å². The van der Waals surface area contributed by atoms with Gasteiger partial charge in [0.15, 0.2) is 0 Å². The first-order valence-electron chi connectivity index (χ1n) is 6.82. The Morgan fingerprint density at radius 2 is 2.17 bits per heavy atom. The second-order valence-electron chi connectivity index (χ2n) is 5.26. The Kier molecular flexibility index (Phi) is 4.68. The smallest absolute Gasteiger partial charge is 0.127 e. The summed E-state index contributed by atoms with van der Waals surface area (Å²) in [5, 5.41) is 3.64. The molecule has 1 aliphatic rings. The van der Waals surface area contributed by atoms with Gasteiger partial charge in [0.1, 0.15) is 5.75 Å². The molecule has 18 heavy (non-hydrogen) atoms. The zero-order chi connectivity index (χ0) is 13.1. The lowest BCUT2D eigenvalue weighted by Crippen LogP contribution is -2.26. The molecule has 1 atom stereocenters. The summed E-state index contributed by atoms with van der Waals surface area (Å²) in [6.07, 6.45) is 2.18. The van der Waals surface area contributed by atoms with E-state index >= 15 is 0 Å². The number of nitrogens with one attached hydrogen (secondary N) is 1. The van der Waals surface area contributed by atoms with Crippen LogP contribution in [0.2, 0.25) is 0 Å². The number of hydrogen-bond acceptors (Lipinski definition) is 2. The Hall–Kier alpha value is -0.540. The van der Waals surface area contributed by atoms with Crippen LogP contribution >= 0.6 is 15.9 Å². The number of rotatable bonds is 5. The van der Waals surface area contributed by atoms with Gasteiger partial charge in [0.25, 0.3) is 0 Å². The van der Waals surface area contributed by atoms with Gasteiger partial charge in [-0.3, -0.25) is 0 Å². The van der Waals surface area contributed by atoms with Gasteiger partial charge in [-0.05, 0) is 36.6 Å². The van der Waals surface area contributed by atoms with E-state index in [1.165, 1.54) is 11.1 Å². The summed E-state index contributed by atoms with van der Waals surface area (Å²) in [5.74, 6) is 1.67. The Morgan fingerprint density at radius 3 is 2.83 bits per heavy atom. The SMILES string of the molecule is CCCNC(c1cc(Br)cc2c1OCC2)C(C)C. The van der Waals surface area contributed by atoms with Crippen LogP contribution in [-0.4, -0.2) is 13.2 Å². The van der Waals surface area contributed by atoms with Crippen molar-refractivity contribution >= 4 is 15.9 Å². The normalized spacial score (nSPS) is 15.6. The summed E-state index contributed by atoms with van der Waals surface area (Å²) >= 11 is 3.62. The largest absolute Gasteiger partial charge is 0.493 e. The van der Waals surface area contributed by atoms with Gasteiger partial charge in [0.2, 0.25) is 0 Å². The first kappa shape index (κ1) is 13.9. The lowest BCUT2D eigenvalue weighted by Gasteiger charge is -2.25. The highest BCUT2D eigenvalue weighted by molar-refractivity contribution is 9.10. The molecule has 0 saturated carbocycles. The fraction of sp³-hybridized carbons (Fsp3) is 0.600. The van der Waals surface area contributed by atoms with Gasteiger partial charge in [0.05, 0.1) is 6.61 Å². The number of fused-ring (bicyclic) bond motifs is 1. The molecule has 0 fully saturated rings. The Labute approximate surface area is 118 Å². The van der Waals surface area contributed by atoms with Gasteiger partial charge in [-0.15, -0.1) is 0 Å². The number of benzene rings is 1. The predicted molar refractivity (Wildman–Crippen MR) is 79.2 cm³/mol. The maximum absolute atomic E-state index is 5.83. The lowest BCUT2D eigenvalue weighted by molar-refractivity contribution is 0.337. The highest BCUT2D eigenvalue weighted by Crippen LogP contribution is 2.38. The van der Waals surface area contributed by atoms with Gasteiger partial charge in [-0.25, -0.2) is 0 Å². The molecule has 0 aromatic heterocycles. The molecule has 1 aromatic carbocycles. The summed E-state index contributed by atoms with van der Waals surface area (Å²) < 4.78 is 6.99. The minimum absolute atomic E-state index is 0.370. The van der Waals surface area contributed by atoms with Gasteiger partial charge in [-0.2, -0.15) is 0 Å². The monoisotopic (exact) mass is 311 g/mol. The van der Waals surface area contributed by atoms with Crippen LogP contribution in [0.5, 0.6) is 5.75 Å². The van der Waals surface area contributed by atoms with E-state index in [9.17, 15) is 0 Å². The molecule has 0 bridgehead atoms. The lowest BCUT2D eigenvalue weighted by atomic mass is 9.93. The van der Waals surface area contributed by atoms with Crippen LogP contribution in [0.25, 0.3) is 0 Å². The minimum Gasteiger partial charge on any atom is -0.493 e. The molecule has 2 nitrogen and oxygen atoms in total. The van der Waals surface area contributed by atoms with Gasteiger partial charge >= 0.3 is 0 Å². The molecule has 2 rings (SSSR count). The van der Waals surface area contributed by atoms with Gasteiger partial charge in [-0.1, -0.05) is 36.7 Å². The average molecular weight is 312 g/mol. The number of halogens is 1. The Morgan fingerprint density at radius 1 is 1.39 bits per heavy atom. The molecule has 0 aliphatic carbocycles.